The highest BCUT2D eigenvalue weighted by Crippen LogP contribution is 2.26. The van der Waals surface area contributed by atoms with Gasteiger partial charge in [-0.25, -0.2) is 0 Å². The Morgan fingerprint density at radius 3 is 2.89 bits per heavy atom. The molecule has 2 heterocycles. The number of aromatic nitrogens is 3. The number of halogens is 1. The summed E-state index contributed by atoms with van der Waals surface area (Å²) in [7, 11) is 0. The Hall–Kier alpha value is -2.64. The fourth-order valence-electron chi connectivity index (χ4n) is 3.26. The van der Waals surface area contributed by atoms with Crippen LogP contribution in [0.2, 0.25) is 5.02 Å². The van der Waals surface area contributed by atoms with Crippen LogP contribution >= 0.6 is 23.8 Å². The number of benzene rings is 2. The lowest BCUT2D eigenvalue weighted by Gasteiger charge is -2.25. The largest absolute Gasteiger partial charge is 0.493 e. The van der Waals surface area contributed by atoms with Gasteiger partial charge in [-0.1, -0.05) is 29.8 Å². The molecule has 3 aromatic rings. The summed E-state index contributed by atoms with van der Waals surface area (Å²) in [6.45, 7) is 1.24. The van der Waals surface area contributed by atoms with Gasteiger partial charge in [0.05, 0.1) is 6.61 Å². The zero-order chi connectivity index (χ0) is 19.5. The van der Waals surface area contributed by atoms with Crippen LogP contribution in [0, 0.1) is 10.7 Å². The molecule has 2 N–H and O–H groups in total. The molecular formula is C20H19ClN4O2S. The Morgan fingerprint density at radius 1 is 1.29 bits per heavy atom. The van der Waals surface area contributed by atoms with E-state index in [0.29, 0.717) is 28.8 Å². The number of carbonyl (C=O) groups excluding carboxylic acids is 1. The number of para-hydroxylation sites is 1. The third-order valence-electron chi connectivity index (χ3n) is 4.71. The van der Waals surface area contributed by atoms with Crippen molar-refractivity contribution in [3.63, 3.8) is 0 Å². The van der Waals surface area contributed by atoms with Crippen molar-refractivity contribution in [2.45, 2.75) is 13.0 Å². The number of nitrogens with zero attached hydrogens (tertiary/aromatic N) is 2. The second-order valence-electron chi connectivity index (χ2n) is 6.74. The number of fused-ring (bicyclic) bond motifs is 1. The van der Waals surface area contributed by atoms with E-state index in [1.165, 1.54) is 5.56 Å². The Balaban J connectivity index is 1.39. The highest BCUT2D eigenvalue weighted by Gasteiger charge is 2.20. The molecule has 0 bridgehead atoms. The van der Waals surface area contributed by atoms with E-state index in [0.717, 1.165) is 17.7 Å². The topological polar surface area (TPSA) is 71.9 Å². The fourth-order valence-corrected chi connectivity index (χ4v) is 3.59. The molecule has 28 heavy (non-hydrogen) atoms. The van der Waals surface area contributed by atoms with Crippen molar-refractivity contribution in [2.24, 2.45) is 5.92 Å². The van der Waals surface area contributed by atoms with E-state index in [1.807, 2.05) is 30.3 Å². The Labute approximate surface area is 172 Å². The van der Waals surface area contributed by atoms with Crippen molar-refractivity contribution in [1.29, 1.82) is 0 Å². The predicted molar refractivity (Wildman–Crippen MR) is 110 cm³/mol. The number of aromatic amines is 1. The zero-order valence-electron chi connectivity index (χ0n) is 15.0. The summed E-state index contributed by atoms with van der Waals surface area (Å²) in [6, 6.07) is 15.3. The van der Waals surface area contributed by atoms with Gasteiger partial charge in [0.25, 0.3) is 0 Å². The van der Waals surface area contributed by atoms with E-state index in [1.54, 1.807) is 16.7 Å². The maximum Gasteiger partial charge on any atom is 0.240 e. The highest BCUT2D eigenvalue weighted by molar-refractivity contribution is 7.71. The number of nitrogens with one attached hydrogen (secondary N) is 2. The van der Waals surface area contributed by atoms with Crippen LogP contribution in [-0.2, 0) is 17.8 Å². The molecule has 1 aromatic heterocycles. The minimum absolute atomic E-state index is 0.0947. The second-order valence-corrected chi connectivity index (χ2v) is 7.56. The standard InChI is InChI=1S/C20H19ClN4O2S/c21-16-7-5-14(6-8-16)19-23-24-20(28)25(19)11-18(26)22-10-13-9-15-3-1-2-4-17(15)27-12-13/h1-8,13H,9-12H2,(H,22,26)(H,24,28). The van der Waals surface area contributed by atoms with Gasteiger partial charge in [0.2, 0.25) is 5.91 Å². The maximum absolute atomic E-state index is 12.5. The fraction of sp³-hybridized carbons (Fsp3) is 0.250. The number of H-pyrrole nitrogens is 1. The third-order valence-corrected chi connectivity index (χ3v) is 5.27. The second kappa shape index (κ2) is 8.16. The zero-order valence-corrected chi connectivity index (χ0v) is 16.6. The van der Waals surface area contributed by atoms with Crippen molar-refractivity contribution < 1.29 is 9.53 Å². The molecule has 1 amide bonds. The first-order chi connectivity index (χ1) is 13.6. The molecule has 6 nitrogen and oxygen atoms in total. The van der Waals surface area contributed by atoms with Gasteiger partial charge >= 0.3 is 0 Å². The minimum atomic E-state index is -0.119. The van der Waals surface area contributed by atoms with Crippen LogP contribution in [0.1, 0.15) is 5.56 Å². The van der Waals surface area contributed by atoms with Crippen LogP contribution in [0.4, 0.5) is 0 Å². The van der Waals surface area contributed by atoms with Crippen molar-refractivity contribution in [3.05, 3.63) is 63.9 Å². The molecule has 144 valence electrons. The number of hydrogen-bond acceptors (Lipinski definition) is 4. The SMILES string of the molecule is O=C(Cn1c(-c2ccc(Cl)cc2)n[nH]c1=S)NCC1COc2ccccc2C1. The van der Waals surface area contributed by atoms with Crippen LogP contribution in [0.25, 0.3) is 11.4 Å². The van der Waals surface area contributed by atoms with Crippen LogP contribution in [0.15, 0.2) is 48.5 Å². The number of rotatable bonds is 5. The summed E-state index contributed by atoms with van der Waals surface area (Å²) in [5, 5.41) is 10.6. The first-order valence-electron chi connectivity index (χ1n) is 8.98. The van der Waals surface area contributed by atoms with Crippen molar-refractivity contribution in [1.82, 2.24) is 20.1 Å². The lowest BCUT2D eigenvalue weighted by molar-refractivity contribution is -0.121. The highest BCUT2D eigenvalue weighted by atomic mass is 35.5. The van der Waals surface area contributed by atoms with Gasteiger partial charge in [-0.15, -0.1) is 0 Å². The summed E-state index contributed by atoms with van der Waals surface area (Å²) >= 11 is 11.2. The molecule has 0 fully saturated rings. The molecule has 2 aromatic carbocycles. The van der Waals surface area contributed by atoms with E-state index < -0.39 is 0 Å². The molecule has 0 spiro atoms. The molecule has 8 heteroatoms. The first kappa shape index (κ1) is 18.7. The Bertz CT molecular complexity index is 1040. The van der Waals surface area contributed by atoms with Gasteiger partial charge < -0.3 is 10.1 Å². The number of carbonyl (C=O) groups is 1. The number of hydrogen-bond donors (Lipinski definition) is 2. The van der Waals surface area contributed by atoms with Crippen molar-refractivity contribution in [3.8, 4) is 17.1 Å². The summed E-state index contributed by atoms with van der Waals surface area (Å²) in [5.74, 6) is 1.66. The molecule has 0 radical (unpaired) electrons. The lowest BCUT2D eigenvalue weighted by Crippen LogP contribution is -2.36. The summed E-state index contributed by atoms with van der Waals surface area (Å²) in [6.07, 6.45) is 0.887. The molecule has 1 unspecified atom stereocenters. The quantitative estimate of drug-likeness (QED) is 0.625. The first-order valence-corrected chi connectivity index (χ1v) is 9.77. The van der Waals surface area contributed by atoms with Gasteiger partial charge in [-0.2, -0.15) is 5.10 Å². The van der Waals surface area contributed by atoms with E-state index in [4.69, 9.17) is 28.6 Å². The van der Waals surface area contributed by atoms with Gasteiger partial charge in [-0.05, 0) is 54.5 Å². The molecule has 0 saturated heterocycles. The number of amides is 1. The third kappa shape index (κ3) is 4.10. The van der Waals surface area contributed by atoms with E-state index in [-0.39, 0.29) is 18.4 Å². The van der Waals surface area contributed by atoms with Crippen LogP contribution in [0.5, 0.6) is 5.75 Å². The Kier molecular flexibility index (Phi) is 5.45. The molecule has 4 rings (SSSR count). The molecular weight excluding hydrogens is 396 g/mol. The Morgan fingerprint density at radius 2 is 2.07 bits per heavy atom. The molecule has 1 aliphatic rings. The monoisotopic (exact) mass is 414 g/mol. The van der Waals surface area contributed by atoms with Crippen LogP contribution in [0.3, 0.4) is 0 Å². The van der Waals surface area contributed by atoms with E-state index in [9.17, 15) is 4.79 Å². The van der Waals surface area contributed by atoms with Gasteiger partial charge in [0, 0.05) is 23.0 Å². The van der Waals surface area contributed by atoms with Crippen LogP contribution in [-0.4, -0.2) is 33.8 Å². The average Bonchev–Trinajstić information content (AvgIpc) is 3.07. The summed E-state index contributed by atoms with van der Waals surface area (Å²) in [5.41, 5.74) is 2.01. The van der Waals surface area contributed by atoms with Gasteiger partial charge in [0.15, 0.2) is 10.6 Å². The van der Waals surface area contributed by atoms with Gasteiger partial charge in [-0.3, -0.25) is 14.5 Å². The molecule has 1 aliphatic heterocycles. The van der Waals surface area contributed by atoms with Crippen molar-refractivity contribution >= 4 is 29.7 Å². The van der Waals surface area contributed by atoms with Crippen LogP contribution < -0.4 is 10.1 Å². The normalized spacial score (nSPS) is 15.5. The smallest absolute Gasteiger partial charge is 0.240 e. The minimum Gasteiger partial charge on any atom is -0.493 e. The number of ether oxygens (including phenoxy) is 1. The molecule has 0 aliphatic carbocycles. The summed E-state index contributed by atoms with van der Waals surface area (Å²) in [4.78, 5) is 12.5. The summed E-state index contributed by atoms with van der Waals surface area (Å²) < 4.78 is 7.86. The molecule has 1 atom stereocenters. The molecule has 0 saturated carbocycles. The lowest BCUT2D eigenvalue weighted by atomic mass is 9.97. The predicted octanol–water partition coefficient (Wildman–Crippen LogP) is 3.63. The average molecular weight is 415 g/mol. The van der Waals surface area contributed by atoms with Crippen molar-refractivity contribution in [2.75, 3.05) is 13.2 Å². The van der Waals surface area contributed by atoms with E-state index >= 15 is 0 Å². The maximum atomic E-state index is 12.5. The van der Waals surface area contributed by atoms with Gasteiger partial charge in [0.1, 0.15) is 12.3 Å². The van der Waals surface area contributed by atoms with E-state index in [2.05, 4.69) is 21.6 Å².